The van der Waals surface area contributed by atoms with Crippen LogP contribution in [-0.4, -0.2) is 42.6 Å². The molecule has 30 heavy (non-hydrogen) atoms. The molecule has 1 amide bonds. The fraction of sp³-hybridized carbons (Fsp3) is 0.143. The molecule has 4 rings (SSSR count). The highest BCUT2D eigenvalue weighted by molar-refractivity contribution is 5.95. The summed E-state index contributed by atoms with van der Waals surface area (Å²) in [7, 11) is 0. The zero-order valence-corrected chi connectivity index (χ0v) is 16.1. The Balaban J connectivity index is 1.31. The minimum atomic E-state index is -0.144. The molecule has 1 aromatic carbocycles. The Morgan fingerprint density at radius 3 is 2.67 bits per heavy atom. The molecule has 0 atom stereocenters. The minimum absolute atomic E-state index is 0.144. The van der Waals surface area contributed by atoms with Crippen LogP contribution in [0.15, 0.2) is 67.3 Å². The monoisotopic (exact) mass is 400 g/mol. The maximum absolute atomic E-state index is 12.4. The van der Waals surface area contributed by atoms with E-state index in [4.69, 9.17) is 0 Å². The first-order chi connectivity index (χ1) is 14.8. The van der Waals surface area contributed by atoms with Gasteiger partial charge in [-0.1, -0.05) is 6.07 Å². The van der Waals surface area contributed by atoms with Crippen molar-refractivity contribution in [3.05, 3.63) is 84.5 Å². The topological polar surface area (TPSA) is 121 Å². The average Bonchev–Trinajstić information content (AvgIpc) is 3.28. The van der Waals surface area contributed by atoms with Crippen molar-refractivity contribution in [3.63, 3.8) is 0 Å². The van der Waals surface area contributed by atoms with Crippen molar-refractivity contribution in [2.75, 3.05) is 11.9 Å². The Morgan fingerprint density at radius 2 is 1.83 bits per heavy atom. The molecule has 150 valence electrons. The molecule has 0 saturated heterocycles. The molecule has 3 aromatic heterocycles. The minimum Gasteiger partial charge on any atom is -0.378 e. The molecule has 0 unspecified atom stereocenters. The van der Waals surface area contributed by atoms with Gasteiger partial charge in [0.15, 0.2) is 5.82 Å². The number of anilines is 1. The fourth-order valence-corrected chi connectivity index (χ4v) is 2.81. The number of carbonyl (C=O) groups is 1. The van der Waals surface area contributed by atoms with E-state index < -0.39 is 0 Å². The van der Waals surface area contributed by atoms with Crippen LogP contribution in [0.25, 0.3) is 11.4 Å². The molecule has 0 saturated carbocycles. The van der Waals surface area contributed by atoms with Crippen molar-refractivity contribution in [1.29, 1.82) is 0 Å². The summed E-state index contributed by atoms with van der Waals surface area (Å²) < 4.78 is 0. The summed E-state index contributed by atoms with van der Waals surface area (Å²) in [4.78, 5) is 29.2. The highest BCUT2D eigenvalue weighted by Crippen LogP contribution is 2.14. The number of nitrogens with zero attached hydrogens (tertiary/aromatic N) is 5. The summed E-state index contributed by atoms with van der Waals surface area (Å²) in [5.74, 6) is 1.87. The van der Waals surface area contributed by atoms with Crippen LogP contribution < -0.4 is 10.6 Å². The first kappa shape index (κ1) is 19.2. The number of carbonyl (C=O) groups excluding carboxylic acids is 1. The smallest absolute Gasteiger partial charge is 0.251 e. The highest BCUT2D eigenvalue weighted by Gasteiger charge is 2.08. The van der Waals surface area contributed by atoms with Crippen LogP contribution in [0.1, 0.15) is 22.0 Å². The number of hydrogen-bond acceptors (Lipinski definition) is 7. The molecule has 0 aliphatic heterocycles. The summed E-state index contributed by atoms with van der Waals surface area (Å²) in [5, 5.41) is 13.3. The number of nitrogens with one attached hydrogen (secondary N) is 3. The van der Waals surface area contributed by atoms with Crippen molar-refractivity contribution < 1.29 is 4.79 Å². The Labute approximate surface area is 173 Å². The third-order valence-corrected chi connectivity index (χ3v) is 4.31. The molecule has 0 bridgehead atoms. The fourth-order valence-electron chi connectivity index (χ4n) is 2.81. The molecule has 0 radical (unpaired) electrons. The lowest BCUT2D eigenvalue weighted by Gasteiger charge is -2.08. The summed E-state index contributed by atoms with van der Waals surface area (Å²) >= 11 is 0. The number of aromatic nitrogens is 6. The third-order valence-electron chi connectivity index (χ3n) is 4.31. The van der Waals surface area contributed by atoms with Crippen molar-refractivity contribution in [2.45, 2.75) is 13.0 Å². The van der Waals surface area contributed by atoms with Gasteiger partial charge in [-0.15, -0.1) is 0 Å². The normalized spacial score (nSPS) is 10.5. The van der Waals surface area contributed by atoms with E-state index in [1.807, 2.05) is 24.3 Å². The van der Waals surface area contributed by atoms with Crippen LogP contribution in [-0.2, 0) is 13.0 Å². The molecule has 4 aromatic rings. The average molecular weight is 400 g/mol. The van der Waals surface area contributed by atoms with E-state index in [-0.39, 0.29) is 5.91 Å². The summed E-state index contributed by atoms with van der Waals surface area (Å²) in [6.07, 6.45) is 7.36. The standard InChI is InChI=1S/C21H20N8O/c30-21(25-12-7-18-23-8-2-9-24-18)16-3-1-4-17(13-16)26-14-19-27-20(29-28-19)15-5-10-22-11-6-15/h1-6,8-11,13,26H,7,12,14H2,(H,25,30)(H,27,28,29). The Morgan fingerprint density at radius 1 is 1.00 bits per heavy atom. The number of amides is 1. The molecular weight excluding hydrogens is 380 g/mol. The van der Waals surface area contributed by atoms with Crippen molar-refractivity contribution in [3.8, 4) is 11.4 Å². The van der Waals surface area contributed by atoms with Crippen molar-refractivity contribution in [2.24, 2.45) is 0 Å². The summed E-state index contributed by atoms with van der Waals surface area (Å²) in [6.45, 7) is 0.921. The Bertz CT molecular complexity index is 1100. The van der Waals surface area contributed by atoms with Gasteiger partial charge in [0.2, 0.25) is 0 Å². The van der Waals surface area contributed by atoms with E-state index in [0.717, 1.165) is 11.3 Å². The molecule has 9 nitrogen and oxygen atoms in total. The van der Waals surface area contributed by atoms with Gasteiger partial charge in [0.1, 0.15) is 11.6 Å². The number of rotatable bonds is 8. The van der Waals surface area contributed by atoms with Gasteiger partial charge >= 0.3 is 0 Å². The second-order valence-electron chi connectivity index (χ2n) is 6.45. The molecule has 0 aliphatic carbocycles. The molecular formula is C21H20N8O. The van der Waals surface area contributed by atoms with Gasteiger partial charge < -0.3 is 10.6 Å². The molecule has 0 aliphatic rings. The van der Waals surface area contributed by atoms with Crippen molar-refractivity contribution in [1.82, 2.24) is 35.5 Å². The van der Waals surface area contributed by atoms with Crippen LogP contribution in [0.3, 0.4) is 0 Å². The summed E-state index contributed by atoms with van der Waals surface area (Å²) in [5.41, 5.74) is 2.28. The zero-order chi connectivity index (χ0) is 20.6. The summed E-state index contributed by atoms with van der Waals surface area (Å²) in [6, 6.07) is 12.8. The molecule has 3 N–H and O–H groups in total. The SMILES string of the molecule is O=C(NCCc1ncccn1)c1cccc(NCc2nc(-c3ccncc3)n[nH]2)c1. The van der Waals surface area contributed by atoms with E-state index in [1.165, 1.54) is 0 Å². The van der Waals surface area contributed by atoms with Crippen LogP contribution in [0.5, 0.6) is 0 Å². The van der Waals surface area contributed by atoms with Gasteiger partial charge in [-0.3, -0.25) is 14.9 Å². The first-order valence-electron chi connectivity index (χ1n) is 9.47. The molecule has 0 spiro atoms. The number of aromatic amines is 1. The third kappa shape index (κ3) is 5.02. The molecule has 3 heterocycles. The van der Waals surface area contributed by atoms with E-state index >= 15 is 0 Å². The van der Waals surface area contributed by atoms with Gasteiger partial charge in [0.05, 0.1) is 6.54 Å². The lowest BCUT2D eigenvalue weighted by molar-refractivity contribution is 0.0954. The van der Waals surface area contributed by atoms with E-state index in [0.29, 0.717) is 42.5 Å². The van der Waals surface area contributed by atoms with Gasteiger partial charge in [0.25, 0.3) is 5.91 Å². The maximum atomic E-state index is 12.4. The molecule has 9 heteroatoms. The quantitative estimate of drug-likeness (QED) is 0.415. The van der Waals surface area contributed by atoms with E-state index in [9.17, 15) is 4.79 Å². The van der Waals surface area contributed by atoms with Crippen LogP contribution in [0, 0.1) is 0 Å². The van der Waals surface area contributed by atoms with Gasteiger partial charge in [-0.05, 0) is 36.4 Å². The predicted molar refractivity (Wildman–Crippen MR) is 111 cm³/mol. The number of H-pyrrole nitrogens is 1. The van der Waals surface area contributed by atoms with E-state index in [1.54, 1.807) is 43.0 Å². The van der Waals surface area contributed by atoms with Crippen LogP contribution in [0.4, 0.5) is 5.69 Å². The van der Waals surface area contributed by atoms with E-state index in [2.05, 4.69) is 40.8 Å². The lowest BCUT2D eigenvalue weighted by atomic mass is 10.2. The van der Waals surface area contributed by atoms with Crippen LogP contribution in [0.2, 0.25) is 0 Å². The first-order valence-corrected chi connectivity index (χ1v) is 9.47. The predicted octanol–water partition coefficient (Wildman–Crippen LogP) is 2.24. The van der Waals surface area contributed by atoms with Gasteiger partial charge in [-0.25, -0.2) is 15.0 Å². The van der Waals surface area contributed by atoms with Gasteiger partial charge in [-0.2, -0.15) is 5.10 Å². The lowest BCUT2D eigenvalue weighted by Crippen LogP contribution is -2.26. The molecule has 0 fully saturated rings. The zero-order valence-electron chi connectivity index (χ0n) is 16.1. The Hall–Kier alpha value is -4.14. The highest BCUT2D eigenvalue weighted by atomic mass is 16.1. The second-order valence-corrected chi connectivity index (χ2v) is 6.45. The second kappa shape index (κ2) is 9.37. The maximum Gasteiger partial charge on any atom is 0.251 e. The number of pyridine rings is 1. The largest absolute Gasteiger partial charge is 0.378 e. The Kier molecular flexibility index (Phi) is 5.99. The number of benzene rings is 1. The van der Waals surface area contributed by atoms with Crippen LogP contribution >= 0.6 is 0 Å². The van der Waals surface area contributed by atoms with Crippen molar-refractivity contribution >= 4 is 11.6 Å². The van der Waals surface area contributed by atoms with Gasteiger partial charge in [0, 0.05) is 54.6 Å². The number of hydrogen-bond donors (Lipinski definition) is 3.